The molecule has 3 rings (SSSR count). The zero-order valence-electron chi connectivity index (χ0n) is 16.9. The molecule has 0 saturated carbocycles. The molecule has 0 spiro atoms. The van der Waals surface area contributed by atoms with Gasteiger partial charge in [-0.2, -0.15) is 14.9 Å². The Morgan fingerprint density at radius 2 is 1.87 bits per heavy atom. The van der Waals surface area contributed by atoms with Gasteiger partial charge >= 0.3 is 0 Å². The average Bonchev–Trinajstić information content (AvgIpc) is 2.78. The van der Waals surface area contributed by atoms with Crippen LogP contribution in [0.1, 0.15) is 38.2 Å². The van der Waals surface area contributed by atoms with Crippen molar-refractivity contribution in [3.63, 3.8) is 0 Å². The van der Waals surface area contributed by atoms with Crippen LogP contribution in [0.4, 0.5) is 5.69 Å². The Hall–Kier alpha value is -3.12. The lowest BCUT2D eigenvalue weighted by molar-refractivity contribution is 0.304. The van der Waals surface area contributed by atoms with Crippen molar-refractivity contribution < 1.29 is 4.74 Å². The van der Waals surface area contributed by atoms with Crippen LogP contribution in [0.25, 0.3) is 5.69 Å². The van der Waals surface area contributed by atoms with Crippen LogP contribution < -0.4 is 15.7 Å². The van der Waals surface area contributed by atoms with E-state index in [4.69, 9.17) is 16.3 Å². The molecule has 0 bridgehead atoms. The van der Waals surface area contributed by atoms with Crippen LogP contribution in [0.3, 0.4) is 0 Å². The second-order valence-corrected chi connectivity index (χ2v) is 7.12. The highest BCUT2D eigenvalue weighted by molar-refractivity contribution is 6.32. The standard InChI is InChI=1S/C23H25ClN4O2/c1-2-3-4-10-15-30-21-14-9-8-11-18(21)16-25-27-20-17-26-28(23(29)22(20)24)19-12-6-5-7-13-19/h5-9,11-14,16-17,27H,2-4,10,15H2,1H3/b25-16+. The third-order valence-corrected chi connectivity index (χ3v) is 4.85. The van der Waals surface area contributed by atoms with Crippen molar-refractivity contribution in [2.45, 2.75) is 32.6 Å². The highest BCUT2D eigenvalue weighted by Gasteiger charge is 2.10. The Morgan fingerprint density at radius 3 is 2.67 bits per heavy atom. The minimum absolute atomic E-state index is 0.0199. The third-order valence-electron chi connectivity index (χ3n) is 4.48. The molecule has 7 heteroatoms. The molecule has 0 fully saturated rings. The lowest BCUT2D eigenvalue weighted by atomic mass is 10.2. The predicted molar refractivity (Wildman–Crippen MR) is 122 cm³/mol. The van der Waals surface area contributed by atoms with Crippen molar-refractivity contribution in [3.05, 3.63) is 81.7 Å². The van der Waals surface area contributed by atoms with Gasteiger partial charge in [-0.3, -0.25) is 10.2 Å². The van der Waals surface area contributed by atoms with Gasteiger partial charge in [-0.1, -0.05) is 68.1 Å². The molecular weight excluding hydrogens is 400 g/mol. The van der Waals surface area contributed by atoms with Gasteiger partial charge in [0.2, 0.25) is 0 Å². The first-order valence-corrected chi connectivity index (χ1v) is 10.4. The van der Waals surface area contributed by atoms with E-state index in [2.05, 4.69) is 22.5 Å². The summed E-state index contributed by atoms with van der Waals surface area (Å²) in [6.45, 7) is 2.86. The van der Waals surface area contributed by atoms with Crippen molar-refractivity contribution in [3.8, 4) is 11.4 Å². The molecule has 0 radical (unpaired) electrons. The maximum absolute atomic E-state index is 12.5. The molecule has 0 aliphatic heterocycles. The number of benzene rings is 2. The zero-order chi connectivity index (χ0) is 21.2. The number of rotatable bonds is 10. The molecule has 1 heterocycles. The number of hydrazone groups is 1. The quantitative estimate of drug-likeness (QED) is 0.272. The highest BCUT2D eigenvalue weighted by Crippen LogP contribution is 2.19. The number of hydrogen-bond donors (Lipinski definition) is 1. The van der Waals surface area contributed by atoms with Crippen LogP contribution in [0.15, 0.2) is 70.7 Å². The number of aromatic nitrogens is 2. The molecule has 0 amide bonds. The van der Waals surface area contributed by atoms with Crippen LogP contribution in [0, 0.1) is 0 Å². The molecule has 0 atom stereocenters. The molecule has 0 unspecified atom stereocenters. The molecule has 0 aliphatic rings. The molecule has 1 aromatic heterocycles. The SMILES string of the molecule is CCCCCCOc1ccccc1/C=N/Nc1cnn(-c2ccccc2)c(=O)c1Cl. The van der Waals surface area contributed by atoms with Gasteiger partial charge in [0, 0.05) is 5.56 Å². The van der Waals surface area contributed by atoms with Gasteiger partial charge in [0.05, 0.1) is 24.7 Å². The summed E-state index contributed by atoms with van der Waals surface area (Å²) in [5.41, 5.74) is 4.20. The van der Waals surface area contributed by atoms with Gasteiger partial charge < -0.3 is 4.74 Å². The summed E-state index contributed by atoms with van der Waals surface area (Å²) in [6.07, 6.45) is 7.71. The lowest BCUT2D eigenvalue weighted by Gasteiger charge is -2.09. The minimum Gasteiger partial charge on any atom is -0.493 e. The molecule has 3 aromatic rings. The summed E-state index contributed by atoms with van der Waals surface area (Å²) in [6, 6.07) is 16.8. The molecule has 30 heavy (non-hydrogen) atoms. The monoisotopic (exact) mass is 424 g/mol. The van der Waals surface area contributed by atoms with Crippen LogP contribution in [-0.2, 0) is 0 Å². The van der Waals surface area contributed by atoms with E-state index in [0.717, 1.165) is 24.2 Å². The van der Waals surface area contributed by atoms with E-state index < -0.39 is 5.56 Å². The fraction of sp³-hybridized carbons (Fsp3) is 0.261. The summed E-state index contributed by atoms with van der Waals surface area (Å²) in [5, 5.41) is 8.40. The highest BCUT2D eigenvalue weighted by atomic mass is 35.5. The van der Waals surface area contributed by atoms with E-state index in [9.17, 15) is 4.79 Å². The van der Waals surface area contributed by atoms with Crippen LogP contribution in [-0.4, -0.2) is 22.6 Å². The summed E-state index contributed by atoms with van der Waals surface area (Å²) in [5.74, 6) is 0.767. The Balaban J connectivity index is 1.67. The first-order valence-electron chi connectivity index (χ1n) is 10.0. The lowest BCUT2D eigenvalue weighted by Crippen LogP contribution is -2.22. The van der Waals surface area contributed by atoms with Crippen LogP contribution >= 0.6 is 11.6 Å². The fourth-order valence-electron chi connectivity index (χ4n) is 2.86. The summed E-state index contributed by atoms with van der Waals surface area (Å²) < 4.78 is 7.13. The van der Waals surface area contributed by atoms with Crippen molar-refractivity contribution in [2.24, 2.45) is 5.10 Å². The maximum atomic E-state index is 12.5. The Kier molecular flexibility index (Phi) is 8.03. The van der Waals surface area contributed by atoms with Crippen molar-refractivity contribution in [1.82, 2.24) is 9.78 Å². The Bertz CT molecular complexity index is 1030. The topological polar surface area (TPSA) is 68.5 Å². The Labute approximate surface area is 181 Å². The predicted octanol–water partition coefficient (Wildman–Crippen LogP) is 5.29. The van der Waals surface area contributed by atoms with Gasteiger partial charge in [0.1, 0.15) is 16.5 Å². The molecule has 0 aliphatic carbocycles. The van der Waals surface area contributed by atoms with Crippen molar-refractivity contribution in [2.75, 3.05) is 12.0 Å². The fourth-order valence-corrected chi connectivity index (χ4v) is 3.04. The van der Waals surface area contributed by atoms with Gasteiger partial charge in [-0.05, 0) is 30.7 Å². The second-order valence-electron chi connectivity index (χ2n) is 6.74. The normalized spacial score (nSPS) is 11.0. The number of halogens is 1. The summed E-state index contributed by atoms with van der Waals surface area (Å²) >= 11 is 6.24. The molecule has 1 N–H and O–H groups in total. The smallest absolute Gasteiger partial charge is 0.292 e. The summed E-state index contributed by atoms with van der Waals surface area (Å²) in [7, 11) is 0. The van der Waals surface area contributed by atoms with Gasteiger partial charge in [0.25, 0.3) is 5.56 Å². The number of anilines is 1. The number of hydrogen-bond acceptors (Lipinski definition) is 5. The van der Waals surface area contributed by atoms with E-state index in [0.29, 0.717) is 18.0 Å². The first kappa shape index (κ1) is 21.6. The van der Waals surface area contributed by atoms with E-state index >= 15 is 0 Å². The molecule has 6 nitrogen and oxygen atoms in total. The second kappa shape index (κ2) is 11.2. The molecule has 0 saturated heterocycles. The molecule has 2 aromatic carbocycles. The van der Waals surface area contributed by atoms with E-state index in [-0.39, 0.29) is 5.02 Å². The number of unbranched alkanes of at least 4 members (excludes halogenated alkanes) is 3. The van der Waals surface area contributed by atoms with E-state index in [1.165, 1.54) is 23.7 Å². The van der Waals surface area contributed by atoms with E-state index in [1.54, 1.807) is 18.3 Å². The summed E-state index contributed by atoms with van der Waals surface area (Å²) in [4.78, 5) is 12.5. The minimum atomic E-state index is -0.418. The van der Waals surface area contributed by atoms with Crippen LogP contribution in [0.5, 0.6) is 5.75 Å². The number of para-hydroxylation sites is 2. The Morgan fingerprint density at radius 1 is 1.10 bits per heavy atom. The molecular formula is C23H25ClN4O2. The average molecular weight is 425 g/mol. The molecule has 156 valence electrons. The van der Waals surface area contributed by atoms with Crippen molar-refractivity contribution in [1.29, 1.82) is 0 Å². The zero-order valence-corrected chi connectivity index (χ0v) is 17.7. The number of nitrogens with zero attached hydrogens (tertiary/aromatic N) is 3. The number of ether oxygens (including phenoxy) is 1. The van der Waals surface area contributed by atoms with Crippen LogP contribution in [0.2, 0.25) is 5.02 Å². The van der Waals surface area contributed by atoms with Gasteiger partial charge in [-0.15, -0.1) is 0 Å². The van der Waals surface area contributed by atoms with Gasteiger partial charge in [0.15, 0.2) is 0 Å². The maximum Gasteiger partial charge on any atom is 0.292 e. The van der Waals surface area contributed by atoms with Gasteiger partial charge in [-0.25, -0.2) is 0 Å². The third kappa shape index (κ3) is 5.70. The number of nitrogens with one attached hydrogen (secondary N) is 1. The first-order chi connectivity index (χ1) is 14.7. The van der Waals surface area contributed by atoms with Crippen molar-refractivity contribution >= 4 is 23.5 Å². The largest absolute Gasteiger partial charge is 0.493 e. The van der Waals surface area contributed by atoms with E-state index in [1.807, 2.05) is 42.5 Å².